The lowest BCUT2D eigenvalue weighted by atomic mass is 9.93. The molecule has 7 heteroatoms. The molecule has 2 heterocycles. The molecule has 7 nitrogen and oxygen atoms in total. The monoisotopic (exact) mass is 669 g/mol. The molecule has 0 aliphatic carbocycles. The number of carbonyl (C=O) groups is 1. The first-order valence-corrected chi connectivity index (χ1v) is 16.7. The molecular formula is C44H35N3O4. The number of rotatable bonds is 7. The molecule has 51 heavy (non-hydrogen) atoms. The number of ether oxygens (including phenoxy) is 3. The van der Waals surface area contributed by atoms with Crippen LogP contribution in [0.4, 0.5) is 34.1 Å². The van der Waals surface area contributed by atoms with Gasteiger partial charge in [0.05, 0.1) is 66.5 Å². The first kappa shape index (κ1) is 31.7. The Morgan fingerprint density at radius 3 is 1.71 bits per heavy atom. The fraction of sp³-hybridized carbons (Fsp3) is 0.0909. The Hall–Kier alpha value is -6.60. The minimum Gasteiger partial charge on any atom is -0.497 e. The van der Waals surface area contributed by atoms with Gasteiger partial charge >= 0.3 is 5.97 Å². The maximum Gasteiger partial charge on any atom is 0.337 e. The van der Waals surface area contributed by atoms with Crippen molar-refractivity contribution in [2.45, 2.75) is 6.92 Å². The summed E-state index contributed by atoms with van der Waals surface area (Å²) in [5.74, 6) is 0.987. The van der Waals surface area contributed by atoms with Crippen molar-refractivity contribution < 1.29 is 19.0 Å². The maximum absolute atomic E-state index is 12.3. The predicted molar refractivity (Wildman–Crippen MR) is 205 cm³/mol. The summed E-state index contributed by atoms with van der Waals surface area (Å²) in [6.07, 6.45) is 0. The minimum absolute atomic E-state index is 0.387. The van der Waals surface area contributed by atoms with Gasteiger partial charge in [-0.1, -0.05) is 60.7 Å². The van der Waals surface area contributed by atoms with E-state index in [1.165, 1.54) is 7.11 Å². The lowest BCUT2D eigenvalue weighted by molar-refractivity contribution is 0.0600. The number of aromatic nitrogens is 1. The molecule has 0 atom stereocenters. The molecule has 0 radical (unpaired) electrons. The van der Waals surface area contributed by atoms with E-state index < -0.39 is 0 Å². The van der Waals surface area contributed by atoms with Crippen molar-refractivity contribution in [3.05, 3.63) is 151 Å². The van der Waals surface area contributed by atoms with Crippen molar-refractivity contribution >= 4 is 51.0 Å². The van der Waals surface area contributed by atoms with Gasteiger partial charge in [0.25, 0.3) is 0 Å². The van der Waals surface area contributed by atoms with E-state index in [1.54, 1.807) is 26.4 Å². The van der Waals surface area contributed by atoms with Crippen LogP contribution in [0.2, 0.25) is 0 Å². The Bertz CT molecular complexity index is 2360. The molecule has 1 aliphatic heterocycles. The highest BCUT2D eigenvalue weighted by molar-refractivity contribution is 6.10. The van der Waals surface area contributed by atoms with Gasteiger partial charge in [-0.25, -0.2) is 9.78 Å². The van der Waals surface area contributed by atoms with Crippen molar-refractivity contribution in [3.8, 4) is 33.9 Å². The number of fused-ring (bicyclic) bond motifs is 3. The molecule has 6 aromatic carbocycles. The Labute approximate surface area is 296 Å². The first-order valence-electron chi connectivity index (χ1n) is 16.7. The second kappa shape index (κ2) is 13.0. The third-order valence-electron chi connectivity index (χ3n) is 9.39. The van der Waals surface area contributed by atoms with Crippen LogP contribution in [-0.2, 0) is 4.74 Å². The average molecular weight is 670 g/mol. The van der Waals surface area contributed by atoms with E-state index in [4.69, 9.17) is 19.2 Å². The largest absolute Gasteiger partial charge is 0.497 e. The quantitative estimate of drug-likeness (QED) is 0.156. The second-order valence-electron chi connectivity index (χ2n) is 12.3. The highest BCUT2D eigenvalue weighted by Gasteiger charge is 2.31. The first-order chi connectivity index (χ1) is 25.0. The molecule has 8 rings (SSSR count). The van der Waals surface area contributed by atoms with Gasteiger partial charge in [-0.3, -0.25) is 0 Å². The Morgan fingerprint density at radius 1 is 0.569 bits per heavy atom. The van der Waals surface area contributed by atoms with E-state index in [9.17, 15) is 4.79 Å². The van der Waals surface area contributed by atoms with E-state index in [-0.39, 0.29) is 5.97 Å². The lowest BCUT2D eigenvalue weighted by Crippen LogP contribution is -2.24. The third kappa shape index (κ3) is 5.49. The van der Waals surface area contributed by atoms with Gasteiger partial charge in [0.2, 0.25) is 0 Å². The van der Waals surface area contributed by atoms with E-state index in [2.05, 4.69) is 108 Å². The van der Waals surface area contributed by atoms with Crippen molar-refractivity contribution in [2.75, 3.05) is 31.1 Å². The average Bonchev–Trinajstić information content (AvgIpc) is 3.19. The van der Waals surface area contributed by atoms with Gasteiger partial charge in [-0.05, 0) is 96.4 Å². The highest BCUT2D eigenvalue weighted by atomic mass is 16.5. The molecule has 7 aromatic rings. The molecule has 0 bridgehead atoms. The number of para-hydroxylation sites is 5. The molecule has 0 unspecified atom stereocenters. The van der Waals surface area contributed by atoms with Gasteiger partial charge in [0, 0.05) is 22.7 Å². The normalized spacial score (nSPS) is 11.9. The zero-order chi connectivity index (χ0) is 35.1. The second-order valence-corrected chi connectivity index (χ2v) is 12.3. The summed E-state index contributed by atoms with van der Waals surface area (Å²) in [4.78, 5) is 22.4. The van der Waals surface area contributed by atoms with Gasteiger partial charge in [-0.2, -0.15) is 0 Å². The van der Waals surface area contributed by atoms with Gasteiger partial charge < -0.3 is 24.0 Å². The molecular weight excluding hydrogens is 635 g/mol. The zero-order valence-electron chi connectivity index (χ0n) is 28.8. The van der Waals surface area contributed by atoms with Crippen LogP contribution < -0.4 is 19.3 Å². The summed E-state index contributed by atoms with van der Waals surface area (Å²) in [6.45, 7) is 2.12. The van der Waals surface area contributed by atoms with E-state index >= 15 is 0 Å². The number of aryl methyl sites for hydroxylation is 1. The van der Waals surface area contributed by atoms with Crippen LogP contribution in [0, 0.1) is 6.92 Å². The summed E-state index contributed by atoms with van der Waals surface area (Å²) in [5, 5.41) is 1.01. The molecule has 0 amide bonds. The zero-order valence-corrected chi connectivity index (χ0v) is 28.8. The number of pyridine rings is 1. The van der Waals surface area contributed by atoms with Crippen LogP contribution >= 0.6 is 0 Å². The highest BCUT2D eigenvalue weighted by Crippen LogP contribution is 2.55. The van der Waals surface area contributed by atoms with Crippen LogP contribution in [0.25, 0.3) is 33.3 Å². The molecule has 1 aliphatic rings. The van der Waals surface area contributed by atoms with Crippen LogP contribution in [0.3, 0.4) is 0 Å². The SMILES string of the molecule is COC(=O)c1ccc(-c2cc(-c3cc(OC)cc(OC)c3)c3c(C)ccc(N4c5ccccc5N(c5ccccc5)c5ccccc54)c3n2)cc1. The number of hydrogen-bond acceptors (Lipinski definition) is 7. The lowest BCUT2D eigenvalue weighted by Gasteiger charge is -2.40. The van der Waals surface area contributed by atoms with Gasteiger partial charge in [0.1, 0.15) is 11.5 Å². The Kier molecular flexibility index (Phi) is 8.08. The van der Waals surface area contributed by atoms with Gasteiger partial charge in [0.15, 0.2) is 0 Å². The number of methoxy groups -OCH3 is 3. The molecule has 250 valence electrons. The summed E-state index contributed by atoms with van der Waals surface area (Å²) < 4.78 is 16.4. The fourth-order valence-corrected chi connectivity index (χ4v) is 6.97. The molecule has 0 saturated carbocycles. The third-order valence-corrected chi connectivity index (χ3v) is 9.39. The predicted octanol–water partition coefficient (Wildman–Crippen LogP) is 10.9. The van der Waals surface area contributed by atoms with Crippen molar-refractivity contribution in [1.82, 2.24) is 4.98 Å². The molecule has 0 spiro atoms. The summed E-state index contributed by atoms with van der Waals surface area (Å²) in [5.41, 5.74) is 12.1. The van der Waals surface area contributed by atoms with E-state index in [0.29, 0.717) is 17.1 Å². The molecule has 0 N–H and O–H groups in total. The van der Waals surface area contributed by atoms with Crippen LogP contribution in [0.5, 0.6) is 11.5 Å². The molecule has 0 saturated heterocycles. The Morgan fingerprint density at radius 2 is 1.14 bits per heavy atom. The van der Waals surface area contributed by atoms with E-state index in [0.717, 1.165) is 73.0 Å². The maximum atomic E-state index is 12.3. The van der Waals surface area contributed by atoms with Crippen LogP contribution in [0.15, 0.2) is 140 Å². The van der Waals surface area contributed by atoms with Crippen molar-refractivity contribution in [3.63, 3.8) is 0 Å². The van der Waals surface area contributed by atoms with Crippen molar-refractivity contribution in [2.24, 2.45) is 0 Å². The number of benzene rings is 6. The Balaban J connectivity index is 1.43. The molecule has 1 aromatic heterocycles. The van der Waals surface area contributed by atoms with Crippen LogP contribution in [0.1, 0.15) is 15.9 Å². The summed E-state index contributed by atoms with van der Waals surface area (Å²) >= 11 is 0. The number of carbonyl (C=O) groups excluding carboxylic acids is 1. The number of nitrogens with zero attached hydrogens (tertiary/aromatic N) is 3. The molecule has 0 fully saturated rings. The minimum atomic E-state index is -0.387. The smallest absolute Gasteiger partial charge is 0.337 e. The fourth-order valence-electron chi connectivity index (χ4n) is 6.97. The van der Waals surface area contributed by atoms with E-state index in [1.807, 2.05) is 36.4 Å². The van der Waals surface area contributed by atoms with Crippen LogP contribution in [-0.4, -0.2) is 32.3 Å². The number of esters is 1. The van der Waals surface area contributed by atoms with Crippen molar-refractivity contribution in [1.29, 1.82) is 0 Å². The van der Waals surface area contributed by atoms with Gasteiger partial charge in [-0.15, -0.1) is 0 Å². The summed E-state index contributed by atoms with van der Waals surface area (Å²) in [7, 11) is 4.70. The standard InChI is InChI=1S/C44H35N3O4/c1-28-18-23-41(47-39-16-10-8-14-37(39)46(32-12-6-5-7-13-32)38-15-9-11-17-40(38)47)43-42(28)35(31-24-33(49-2)26-34(25-31)50-3)27-36(45-43)29-19-21-30(22-20-29)44(48)51-4/h5-27H,1-4H3. The number of anilines is 6. The topological polar surface area (TPSA) is 64.1 Å². The number of hydrogen-bond donors (Lipinski definition) is 0. The summed E-state index contributed by atoms with van der Waals surface area (Å²) in [6, 6.07) is 47.1.